The molecule has 0 aromatic heterocycles. The van der Waals surface area contributed by atoms with E-state index in [4.69, 9.17) is 0 Å². The molecule has 26 heavy (non-hydrogen) atoms. The number of amides is 1. The van der Waals surface area contributed by atoms with E-state index in [9.17, 15) is 13.2 Å². The van der Waals surface area contributed by atoms with Crippen LogP contribution in [0.1, 0.15) is 27.0 Å². The van der Waals surface area contributed by atoms with Gasteiger partial charge in [-0.1, -0.05) is 29.8 Å². The predicted octanol–water partition coefficient (Wildman–Crippen LogP) is 2.76. The summed E-state index contributed by atoms with van der Waals surface area (Å²) in [6, 6.07) is 12.9. The van der Waals surface area contributed by atoms with E-state index in [-0.39, 0.29) is 5.91 Å². The van der Waals surface area contributed by atoms with Crippen molar-refractivity contribution >= 4 is 15.9 Å². The van der Waals surface area contributed by atoms with Crippen molar-refractivity contribution in [2.24, 2.45) is 0 Å². The fourth-order valence-electron chi connectivity index (χ4n) is 3.22. The van der Waals surface area contributed by atoms with Crippen LogP contribution in [-0.4, -0.2) is 49.7 Å². The van der Waals surface area contributed by atoms with Gasteiger partial charge in [-0.2, -0.15) is 4.31 Å². The van der Waals surface area contributed by atoms with Crippen molar-refractivity contribution in [1.29, 1.82) is 0 Å². The van der Waals surface area contributed by atoms with Gasteiger partial charge in [0.2, 0.25) is 10.0 Å². The van der Waals surface area contributed by atoms with Crippen LogP contribution in [0.4, 0.5) is 0 Å². The summed E-state index contributed by atoms with van der Waals surface area (Å²) in [5.74, 6) is -0.0440. The number of hydrogen-bond donors (Lipinski definition) is 0. The topological polar surface area (TPSA) is 57.7 Å². The summed E-state index contributed by atoms with van der Waals surface area (Å²) in [5, 5.41) is 0. The molecule has 5 nitrogen and oxygen atoms in total. The molecule has 0 bridgehead atoms. The van der Waals surface area contributed by atoms with E-state index in [0.717, 1.165) is 16.7 Å². The van der Waals surface area contributed by atoms with Gasteiger partial charge in [-0.05, 0) is 50.1 Å². The number of aryl methyl sites for hydroxylation is 3. The molecular weight excluding hydrogens is 348 g/mol. The van der Waals surface area contributed by atoms with E-state index in [2.05, 4.69) is 0 Å². The quantitative estimate of drug-likeness (QED) is 0.832. The molecule has 3 rings (SSSR count). The SMILES string of the molecule is Cc1cccc(C(=O)N2CCN(S(=O)(=O)c3cc(C)ccc3C)CC2)c1. The first kappa shape index (κ1) is 18.6. The molecule has 1 fully saturated rings. The Hall–Kier alpha value is -2.18. The Morgan fingerprint density at radius 3 is 2.19 bits per heavy atom. The molecule has 1 aliphatic heterocycles. The summed E-state index contributed by atoms with van der Waals surface area (Å²) in [4.78, 5) is 14.7. The Morgan fingerprint density at radius 1 is 0.885 bits per heavy atom. The van der Waals surface area contributed by atoms with Gasteiger partial charge < -0.3 is 4.90 Å². The highest BCUT2D eigenvalue weighted by Gasteiger charge is 2.31. The third kappa shape index (κ3) is 3.66. The molecule has 0 saturated carbocycles. The first-order chi connectivity index (χ1) is 12.3. The first-order valence-corrected chi connectivity index (χ1v) is 10.2. The smallest absolute Gasteiger partial charge is 0.253 e. The van der Waals surface area contributed by atoms with Gasteiger partial charge in [0.1, 0.15) is 0 Å². The molecule has 0 radical (unpaired) electrons. The molecule has 138 valence electrons. The number of carbonyl (C=O) groups is 1. The highest BCUT2D eigenvalue weighted by atomic mass is 32.2. The summed E-state index contributed by atoms with van der Waals surface area (Å²) in [7, 11) is -3.54. The predicted molar refractivity (Wildman–Crippen MR) is 102 cm³/mol. The van der Waals surface area contributed by atoms with Crippen LogP contribution in [0.3, 0.4) is 0 Å². The Labute approximate surface area is 155 Å². The van der Waals surface area contributed by atoms with E-state index >= 15 is 0 Å². The van der Waals surface area contributed by atoms with E-state index in [1.54, 1.807) is 17.0 Å². The lowest BCUT2D eigenvalue weighted by Gasteiger charge is -2.34. The average molecular weight is 372 g/mol. The largest absolute Gasteiger partial charge is 0.336 e. The zero-order valence-electron chi connectivity index (χ0n) is 15.4. The van der Waals surface area contributed by atoms with Crippen molar-refractivity contribution in [2.45, 2.75) is 25.7 Å². The molecule has 1 aliphatic rings. The standard InChI is InChI=1S/C20H24N2O3S/c1-15-5-4-6-18(13-15)20(23)21-9-11-22(12-10-21)26(24,25)19-14-16(2)7-8-17(19)3/h4-8,13-14H,9-12H2,1-3H3. The number of rotatable bonds is 3. The molecule has 1 heterocycles. The third-order valence-electron chi connectivity index (χ3n) is 4.75. The van der Waals surface area contributed by atoms with Gasteiger partial charge in [0.15, 0.2) is 0 Å². The second-order valence-corrected chi connectivity index (χ2v) is 8.74. The maximum atomic E-state index is 13.0. The maximum absolute atomic E-state index is 13.0. The zero-order valence-corrected chi connectivity index (χ0v) is 16.2. The minimum absolute atomic E-state index is 0.0440. The van der Waals surface area contributed by atoms with Crippen molar-refractivity contribution in [1.82, 2.24) is 9.21 Å². The van der Waals surface area contributed by atoms with Crippen LogP contribution >= 0.6 is 0 Å². The van der Waals surface area contributed by atoms with Gasteiger partial charge in [-0.3, -0.25) is 4.79 Å². The minimum atomic E-state index is -3.54. The first-order valence-electron chi connectivity index (χ1n) is 8.72. The highest BCUT2D eigenvalue weighted by Crippen LogP contribution is 2.23. The van der Waals surface area contributed by atoms with Crippen LogP contribution in [-0.2, 0) is 10.0 Å². The Kier molecular flexibility index (Phi) is 5.16. The lowest BCUT2D eigenvalue weighted by Crippen LogP contribution is -2.50. The maximum Gasteiger partial charge on any atom is 0.253 e. The van der Waals surface area contributed by atoms with E-state index in [0.29, 0.717) is 36.6 Å². The fraction of sp³-hybridized carbons (Fsp3) is 0.350. The van der Waals surface area contributed by atoms with Crippen LogP contribution in [0, 0.1) is 20.8 Å². The lowest BCUT2D eigenvalue weighted by molar-refractivity contribution is 0.0698. The second-order valence-electron chi connectivity index (χ2n) is 6.83. The summed E-state index contributed by atoms with van der Waals surface area (Å²) in [6.07, 6.45) is 0. The molecular formula is C20H24N2O3S. The van der Waals surface area contributed by atoms with Crippen LogP contribution in [0.25, 0.3) is 0 Å². The Balaban J connectivity index is 1.74. The third-order valence-corrected chi connectivity index (χ3v) is 6.79. The number of piperazine rings is 1. The number of sulfonamides is 1. The van der Waals surface area contributed by atoms with Crippen molar-refractivity contribution in [2.75, 3.05) is 26.2 Å². The van der Waals surface area contributed by atoms with Crippen LogP contribution in [0.15, 0.2) is 47.4 Å². The number of nitrogens with zero attached hydrogens (tertiary/aromatic N) is 2. The summed E-state index contributed by atoms with van der Waals surface area (Å²) in [6.45, 7) is 7.07. The average Bonchev–Trinajstić information content (AvgIpc) is 2.63. The molecule has 0 atom stereocenters. The number of carbonyl (C=O) groups excluding carboxylic acids is 1. The van der Waals surface area contributed by atoms with Crippen molar-refractivity contribution < 1.29 is 13.2 Å². The number of benzene rings is 2. The molecule has 0 aliphatic carbocycles. The van der Waals surface area contributed by atoms with E-state index in [1.165, 1.54) is 4.31 Å². The molecule has 1 saturated heterocycles. The lowest BCUT2D eigenvalue weighted by atomic mass is 10.1. The minimum Gasteiger partial charge on any atom is -0.336 e. The van der Waals surface area contributed by atoms with Crippen molar-refractivity contribution in [3.05, 3.63) is 64.7 Å². The van der Waals surface area contributed by atoms with Crippen LogP contribution in [0.2, 0.25) is 0 Å². The zero-order chi connectivity index (χ0) is 18.9. The second kappa shape index (κ2) is 7.21. The summed E-state index contributed by atoms with van der Waals surface area (Å²) in [5.41, 5.74) is 3.35. The van der Waals surface area contributed by atoms with Crippen molar-refractivity contribution in [3.63, 3.8) is 0 Å². The molecule has 2 aromatic rings. The van der Waals surface area contributed by atoms with Gasteiger partial charge in [-0.25, -0.2) is 8.42 Å². The molecule has 0 spiro atoms. The normalized spacial score (nSPS) is 15.9. The van der Waals surface area contributed by atoms with Gasteiger partial charge in [0.25, 0.3) is 5.91 Å². The summed E-state index contributed by atoms with van der Waals surface area (Å²) >= 11 is 0. The number of hydrogen-bond acceptors (Lipinski definition) is 3. The highest BCUT2D eigenvalue weighted by molar-refractivity contribution is 7.89. The summed E-state index contributed by atoms with van der Waals surface area (Å²) < 4.78 is 27.4. The molecule has 0 unspecified atom stereocenters. The van der Waals surface area contributed by atoms with Gasteiger partial charge >= 0.3 is 0 Å². The van der Waals surface area contributed by atoms with E-state index < -0.39 is 10.0 Å². The van der Waals surface area contributed by atoms with Gasteiger partial charge in [0.05, 0.1) is 4.90 Å². The van der Waals surface area contributed by atoms with Crippen LogP contribution in [0.5, 0.6) is 0 Å². The van der Waals surface area contributed by atoms with Crippen LogP contribution < -0.4 is 0 Å². The monoisotopic (exact) mass is 372 g/mol. The molecule has 0 N–H and O–H groups in total. The van der Waals surface area contributed by atoms with Gasteiger partial charge in [-0.15, -0.1) is 0 Å². The Morgan fingerprint density at radius 2 is 1.54 bits per heavy atom. The van der Waals surface area contributed by atoms with E-state index in [1.807, 2.05) is 51.1 Å². The Bertz CT molecular complexity index is 930. The molecule has 2 aromatic carbocycles. The molecule has 6 heteroatoms. The van der Waals surface area contributed by atoms with Crippen molar-refractivity contribution in [3.8, 4) is 0 Å². The van der Waals surface area contributed by atoms with Gasteiger partial charge in [0, 0.05) is 31.7 Å². The fourth-order valence-corrected chi connectivity index (χ4v) is 4.95. The molecule has 1 amide bonds.